The first-order valence-electron chi connectivity index (χ1n) is 10.9. The van der Waals surface area contributed by atoms with Crippen molar-refractivity contribution in [3.63, 3.8) is 0 Å². The summed E-state index contributed by atoms with van der Waals surface area (Å²) in [7, 11) is 0. The van der Waals surface area contributed by atoms with Gasteiger partial charge in [-0.15, -0.1) is 0 Å². The summed E-state index contributed by atoms with van der Waals surface area (Å²) in [4.78, 5) is 38.2. The predicted octanol–water partition coefficient (Wildman–Crippen LogP) is 1.85. The van der Waals surface area contributed by atoms with Crippen molar-refractivity contribution in [2.24, 2.45) is 9.98 Å². The summed E-state index contributed by atoms with van der Waals surface area (Å²) < 4.78 is 16.9. The van der Waals surface area contributed by atoms with Crippen LogP contribution in [-0.4, -0.2) is 85.6 Å². The first-order valence-corrected chi connectivity index (χ1v) is 11.2. The molecule has 1 aliphatic carbocycles. The topological polar surface area (TPSA) is 105 Å². The Balaban J connectivity index is 1.30. The number of hydrogen-bond donors (Lipinski definition) is 0. The Labute approximate surface area is 194 Å². The number of piperidine rings is 1. The van der Waals surface area contributed by atoms with Gasteiger partial charge in [0.2, 0.25) is 11.9 Å². The number of aromatic nitrogens is 5. The number of rotatable bonds is 4. The van der Waals surface area contributed by atoms with Crippen LogP contribution in [0, 0.1) is 6.92 Å². The molecule has 3 aliphatic rings. The third-order valence-electron chi connectivity index (χ3n) is 5.95. The minimum absolute atomic E-state index is 0.0505. The van der Waals surface area contributed by atoms with Crippen LogP contribution >= 0.6 is 11.6 Å². The molecule has 0 spiro atoms. The van der Waals surface area contributed by atoms with E-state index in [4.69, 9.17) is 11.6 Å². The van der Waals surface area contributed by atoms with Gasteiger partial charge < -0.3 is 9.80 Å². The summed E-state index contributed by atoms with van der Waals surface area (Å²) >= 11 is 5.86. The molecule has 33 heavy (non-hydrogen) atoms. The van der Waals surface area contributed by atoms with Gasteiger partial charge in [0.1, 0.15) is 18.3 Å². The van der Waals surface area contributed by atoms with E-state index in [2.05, 4.69) is 30.0 Å². The zero-order valence-corrected chi connectivity index (χ0v) is 18.8. The third kappa shape index (κ3) is 4.50. The molecule has 1 amide bonds. The Bertz CT molecular complexity index is 1130. The summed E-state index contributed by atoms with van der Waals surface area (Å²) in [6, 6.07) is -0.460. The molecule has 10 nitrogen and oxygen atoms in total. The van der Waals surface area contributed by atoms with Crippen molar-refractivity contribution in [3.8, 4) is 0 Å². The molecule has 0 radical (unpaired) electrons. The van der Waals surface area contributed by atoms with Gasteiger partial charge in [-0.1, -0.05) is 11.6 Å². The highest BCUT2D eigenvalue weighted by Crippen LogP contribution is 2.34. The Morgan fingerprint density at radius 1 is 1.21 bits per heavy atom. The van der Waals surface area contributed by atoms with Gasteiger partial charge >= 0.3 is 0 Å². The summed E-state index contributed by atoms with van der Waals surface area (Å²) in [6.45, 7) is 2.75. The van der Waals surface area contributed by atoms with Crippen LogP contribution in [0.4, 0.5) is 10.3 Å². The van der Waals surface area contributed by atoms with Gasteiger partial charge in [0.15, 0.2) is 0 Å². The van der Waals surface area contributed by atoms with E-state index in [9.17, 15) is 4.79 Å². The molecule has 0 unspecified atom stereocenters. The summed E-state index contributed by atoms with van der Waals surface area (Å²) in [6.07, 6.45) is 8.66. The third-order valence-corrected chi connectivity index (χ3v) is 6.14. The number of hydrogen-bond acceptors (Lipinski definition) is 8. The number of anilines is 1. The number of carbonyl (C=O) groups excluding carboxylic acids is 1. The van der Waals surface area contributed by atoms with Gasteiger partial charge in [-0.25, -0.2) is 29.3 Å². The van der Waals surface area contributed by atoms with Crippen molar-refractivity contribution in [2.75, 3.05) is 24.5 Å². The summed E-state index contributed by atoms with van der Waals surface area (Å²) in [5.74, 6) is 1.24. The maximum atomic E-state index is 15.4. The SMILES string of the molecule is Cc1ncnn1C1=NCC=C(C(=O)N(C2CC2)[C@@H]2CCN(c3ncc(Cl)cn3)C[C@@H]2F)C=N1. The molecule has 2 aromatic rings. The minimum atomic E-state index is -1.23. The smallest absolute Gasteiger partial charge is 0.255 e. The number of halogens is 2. The van der Waals surface area contributed by atoms with Gasteiger partial charge in [0.25, 0.3) is 5.91 Å². The molecule has 2 aromatic heterocycles. The van der Waals surface area contributed by atoms with Crippen molar-refractivity contribution in [3.05, 3.63) is 41.2 Å². The van der Waals surface area contributed by atoms with Crippen molar-refractivity contribution in [1.29, 1.82) is 0 Å². The number of amides is 1. The van der Waals surface area contributed by atoms with Crippen molar-refractivity contribution >= 4 is 35.6 Å². The Kier molecular flexibility index (Phi) is 5.88. The second-order valence-electron chi connectivity index (χ2n) is 8.24. The molecule has 0 bridgehead atoms. The molecular weight excluding hydrogens is 449 g/mol. The second kappa shape index (κ2) is 8.97. The Morgan fingerprint density at radius 2 is 2.00 bits per heavy atom. The molecule has 172 valence electrons. The molecule has 0 N–H and O–H groups in total. The molecule has 2 fully saturated rings. The number of alkyl halides is 1. The largest absolute Gasteiger partial charge is 0.338 e. The monoisotopic (exact) mass is 471 g/mol. The molecule has 1 saturated heterocycles. The molecule has 5 rings (SSSR count). The number of aryl methyl sites for hydroxylation is 1. The maximum absolute atomic E-state index is 15.4. The highest BCUT2D eigenvalue weighted by Gasteiger charge is 2.44. The highest BCUT2D eigenvalue weighted by molar-refractivity contribution is 6.30. The van der Waals surface area contributed by atoms with E-state index >= 15 is 4.39 Å². The fourth-order valence-electron chi connectivity index (χ4n) is 4.15. The lowest BCUT2D eigenvalue weighted by Crippen LogP contribution is -2.55. The van der Waals surface area contributed by atoms with Crippen molar-refractivity contribution in [1.82, 2.24) is 29.6 Å². The Hall–Kier alpha value is -3.21. The predicted molar refractivity (Wildman–Crippen MR) is 121 cm³/mol. The van der Waals surface area contributed by atoms with Crippen LogP contribution in [0.15, 0.2) is 40.4 Å². The first-order chi connectivity index (χ1) is 16.0. The van der Waals surface area contributed by atoms with Crippen LogP contribution in [0.3, 0.4) is 0 Å². The van der Waals surface area contributed by atoms with Crippen molar-refractivity contribution in [2.45, 2.75) is 44.4 Å². The van der Waals surface area contributed by atoms with E-state index in [1.54, 1.807) is 22.8 Å². The maximum Gasteiger partial charge on any atom is 0.255 e. The zero-order valence-electron chi connectivity index (χ0n) is 18.1. The lowest BCUT2D eigenvalue weighted by atomic mass is 10.00. The average molecular weight is 472 g/mol. The zero-order chi connectivity index (χ0) is 22.9. The molecule has 4 heterocycles. The average Bonchev–Trinajstić information content (AvgIpc) is 3.60. The number of nitrogens with zero attached hydrogens (tertiary/aromatic N) is 9. The fourth-order valence-corrected chi connectivity index (χ4v) is 4.25. The van der Waals surface area contributed by atoms with E-state index in [-0.39, 0.29) is 25.0 Å². The van der Waals surface area contributed by atoms with Gasteiger partial charge in [-0.05, 0) is 32.3 Å². The van der Waals surface area contributed by atoms with Crippen LogP contribution in [0.5, 0.6) is 0 Å². The van der Waals surface area contributed by atoms with Gasteiger partial charge in [0.05, 0.1) is 42.1 Å². The second-order valence-corrected chi connectivity index (χ2v) is 8.68. The van der Waals surface area contributed by atoms with E-state index in [0.717, 1.165) is 12.8 Å². The van der Waals surface area contributed by atoms with E-state index in [1.165, 1.54) is 29.6 Å². The summed E-state index contributed by atoms with van der Waals surface area (Å²) in [5, 5.41) is 4.55. The van der Waals surface area contributed by atoms with E-state index in [0.29, 0.717) is 41.3 Å². The van der Waals surface area contributed by atoms with E-state index in [1.807, 2.05) is 0 Å². The molecule has 1 saturated carbocycles. The first kappa shape index (κ1) is 21.6. The van der Waals surface area contributed by atoms with E-state index < -0.39 is 12.2 Å². The molecule has 0 aromatic carbocycles. The normalized spacial score (nSPS) is 23.1. The van der Waals surface area contributed by atoms with Crippen LogP contribution in [0.2, 0.25) is 5.02 Å². The summed E-state index contributed by atoms with van der Waals surface area (Å²) in [5.41, 5.74) is 0.411. The highest BCUT2D eigenvalue weighted by atomic mass is 35.5. The number of carbonyl (C=O) groups is 1. The fraction of sp³-hybridized carbons (Fsp3) is 0.476. The number of aliphatic imine (C=N–C) groups is 2. The minimum Gasteiger partial charge on any atom is -0.338 e. The van der Waals surface area contributed by atoms with Crippen molar-refractivity contribution < 1.29 is 9.18 Å². The molecular formula is C21H23ClFN9O. The quantitative estimate of drug-likeness (QED) is 0.674. The lowest BCUT2D eigenvalue weighted by Gasteiger charge is -2.41. The van der Waals surface area contributed by atoms with Crippen LogP contribution < -0.4 is 4.90 Å². The van der Waals surface area contributed by atoms with Gasteiger partial charge in [0, 0.05) is 18.8 Å². The van der Waals surface area contributed by atoms with Gasteiger partial charge in [-0.2, -0.15) is 9.78 Å². The van der Waals surface area contributed by atoms with Gasteiger partial charge in [-0.3, -0.25) is 4.79 Å². The molecule has 12 heteroatoms. The standard InChI is InChI=1S/C21H23ClFN9O/c1-13-28-12-29-32(13)21-24-6-4-14(8-25-21)19(33)31(16-2-3-16)18-5-7-30(11-17(18)23)20-26-9-15(22)10-27-20/h4,8-10,12,16-18H,2-3,5-7,11H2,1H3/t17-,18+/m0/s1. The molecule has 2 atom stereocenters. The Morgan fingerprint density at radius 3 is 2.67 bits per heavy atom. The van der Waals surface area contributed by atoms with Crippen LogP contribution in [-0.2, 0) is 4.79 Å². The molecule has 2 aliphatic heterocycles. The van der Waals surface area contributed by atoms with Crippen LogP contribution in [0.25, 0.3) is 0 Å². The lowest BCUT2D eigenvalue weighted by molar-refractivity contribution is -0.131. The van der Waals surface area contributed by atoms with Crippen LogP contribution in [0.1, 0.15) is 25.1 Å².